The van der Waals surface area contributed by atoms with Crippen molar-refractivity contribution in [3.05, 3.63) is 60.2 Å². The number of carbonyl (C=O) groups is 5. The molecule has 0 aromatic heterocycles. The Balaban J connectivity index is 0.00000206. The molecule has 8 N–H and O–H groups in total. The van der Waals surface area contributed by atoms with Crippen LogP contribution in [0, 0.1) is 0 Å². The van der Waals surface area contributed by atoms with E-state index in [9.17, 15) is 39.1 Å². The Morgan fingerprint density at radius 1 is 0.933 bits per heavy atom. The molecule has 1 heterocycles. The quantitative estimate of drug-likeness (QED) is 0.0339. The Hall–Kier alpha value is -5.00. The number of aliphatic hydroxyl groups excluding tert-OH is 1. The third-order valence-electron chi connectivity index (χ3n) is 9.76. The van der Waals surface area contributed by atoms with Crippen LogP contribution in [0.2, 0.25) is 0 Å². The Morgan fingerprint density at radius 3 is 2.03 bits per heavy atom. The van der Waals surface area contributed by atoms with Gasteiger partial charge in [-0.3, -0.25) is 29.0 Å². The lowest BCUT2D eigenvalue weighted by Gasteiger charge is -2.24. The fourth-order valence-electron chi connectivity index (χ4n) is 5.97. The van der Waals surface area contributed by atoms with Crippen molar-refractivity contribution in [2.45, 2.75) is 110 Å². The number of nitrogens with zero attached hydrogens (tertiary/aromatic N) is 4. The number of aliphatic hydroxyl groups is 1. The van der Waals surface area contributed by atoms with Crippen LogP contribution in [0.1, 0.15) is 113 Å². The van der Waals surface area contributed by atoms with E-state index in [2.05, 4.69) is 48.3 Å². The van der Waals surface area contributed by atoms with Gasteiger partial charge in [-0.1, -0.05) is 70.9 Å². The molecule has 0 spiro atoms. The smallest absolute Gasteiger partial charge is 0.426 e. The molecule has 17 heteroatoms. The second-order valence-corrected chi connectivity index (χ2v) is 14.8. The van der Waals surface area contributed by atoms with Gasteiger partial charge in [0, 0.05) is 64.9 Å². The van der Waals surface area contributed by atoms with E-state index < -0.39 is 43.6 Å². The number of carbonyl (C=O) groups excluding carboxylic acids is 5. The van der Waals surface area contributed by atoms with E-state index in [0.717, 1.165) is 17.7 Å². The summed E-state index contributed by atoms with van der Waals surface area (Å²) in [5, 5.41) is 38.4. The van der Waals surface area contributed by atoms with Gasteiger partial charge in [0.1, 0.15) is 6.04 Å². The summed E-state index contributed by atoms with van der Waals surface area (Å²) in [6.07, 6.45) is 8.14. The molecule has 0 radical (unpaired) electrons. The van der Waals surface area contributed by atoms with E-state index in [4.69, 9.17) is 5.73 Å². The highest BCUT2D eigenvalue weighted by Crippen LogP contribution is 2.24. The Kier molecular flexibility index (Phi) is 25.9. The molecule has 0 bridgehead atoms. The van der Waals surface area contributed by atoms with Crippen LogP contribution in [0.4, 0.5) is 0 Å². The predicted octanol–water partition coefficient (Wildman–Crippen LogP) is 2.84. The normalized spacial score (nSPS) is 15.0. The van der Waals surface area contributed by atoms with Gasteiger partial charge in [-0.15, -0.1) is 6.58 Å². The summed E-state index contributed by atoms with van der Waals surface area (Å²) in [5.74, 6) is -2.34. The monoisotopic (exact) mass is 839 g/mol. The standard InChI is InChI=1S/C35H53BN8O8.C4H10.C4H8/c1-5-30(46)41-28(14-11-18-39-35(37)42(2)3)34(50)43(4)19-10-6-9-17-38-32(48)26-15-16-27(25-13-8-7-12-24(25)26)33(49)40-21-31(47)44-22-23(45)20-29(44)36(51)52;2*1-3-4-2/h7-8,12-13,15-16,23,28-29,45,51-52H,5-6,9-11,14,17-22H2,1-4H3,(H2,37,39)(H,38,48)(H,40,49)(H,41,46);3-4H2,1-2H3;3H,1,4H2,2H3/t23?,28-,29?;;/m0../s1. The molecule has 0 aliphatic carbocycles. The molecule has 60 heavy (non-hydrogen) atoms. The van der Waals surface area contributed by atoms with Gasteiger partial charge in [0.2, 0.25) is 17.7 Å². The number of unbranched alkanes of at least 4 members (excludes halogenated alkanes) is 3. The maximum absolute atomic E-state index is 13.2. The minimum absolute atomic E-state index is 0.0251. The van der Waals surface area contributed by atoms with Crippen molar-refractivity contribution in [2.24, 2.45) is 10.7 Å². The van der Waals surface area contributed by atoms with Gasteiger partial charge in [-0.05, 0) is 67.9 Å². The number of amides is 5. The highest BCUT2D eigenvalue weighted by molar-refractivity contribution is 6.43. The number of likely N-dealkylation sites (N-methyl/N-ethyl adjacent to an activating group) is 1. The summed E-state index contributed by atoms with van der Waals surface area (Å²) in [4.78, 5) is 73.0. The molecule has 16 nitrogen and oxygen atoms in total. The lowest BCUT2D eigenvalue weighted by Crippen LogP contribution is -2.49. The molecule has 1 saturated heterocycles. The fraction of sp³-hybridized carbons (Fsp3) is 0.581. The maximum atomic E-state index is 13.2. The number of aliphatic imine (C=N–C) groups is 1. The number of β-amino-alcohol motifs (C(OH)–C–C–N with tert-alkyl or cyclic N) is 1. The molecular formula is C43H71BN8O8. The molecule has 3 atom stereocenters. The third-order valence-corrected chi connectivity index (χ3v) is 9.76. The lowest BCUT2D eigenvalue weighted by molar-refractivity contribution is -0.135. The minimum Gasteiger partial charge on any atom is -0.426 e. The number of nitrogens with two attached hydrogens (primary N) is 1. The molecule has 2 aromatic carbocycles. The van der Waals surface area contributed by atoms with Crippen molar-refractivity contribution in [3.63, 3.8) is 0 Å². The second kappa shape index (κ2) is 29.3. The highest BCUT2D eigenvalue weighted by atomic mass is 16.4. The van der Waals surface area contributed by atoms with Gasteiger partial charge in [0.25, 0.3) is 11.8 Å². The molecular weight excluding hydrogens is 767 g/mol. The second-order valence-electron chi connectivity index (χ2n) is 14.8. The number of guanidine groups is 1. The van der Waals surface area contributed by atoms with Crippen LogP contribution in [0.5, 0.6) is 0 Å². The predicted molar refractivity (Wildman–Crippen MR) is 239 cm³/mol. The van der Waals surface area contributed by atoms with E-state index in [1.54, 1.807) is 68.2 Å². The van der Waals surface area contributed by atoms with Gasteiger partial charge in [0.15, 0.2) is 5.96 Å². The first-order valence-electron chi connectivity index (χ1n) is 21.1. The largest absolute Gasteiger partial charge is 0.475 e. The average Bonchev–Trinajstić information content (AvgIpc) is 3.65. The number of nitrogens with one attached hydrogen (secondary N) is 3. The van der Waals surface area contributed by atoms with Crippen LogP contribution in [-0.4, -0.2) is 144 Å². The number of hydrogen-bond donors (Lipinski definition) is 7. The van der Waals surface area contributed by atoms with Gasteiger partial charge >= 0.3 is 7.12 Å². The van der Waals surface area contributed by atoms with Crippen molar-refractivity contribution >= 4 is 53.4 Å². The van der Waals surface area contributed by atoms with E-state index in [1.165, 1.54) is 18.9 Å². The summed E-state index contributed by atoms with van der Waals surface area (Å²) in [5.41, 5.74) is 6.48. The number of benzene rings is 2. The topological polar surface area (TPSA) is 230 Å². The summed E-state index contributed by atoms with van der Waals surface area (Å²) in [7, 11) is 3.49. The summed E-state index contributed by atoms with van der Waals surface area (Å²) >= 11 is 0. The van der Waals surface area contributed by atoms with Crippen LogP contribution < -0.4 is 21.7 Å². The first-order valence-corrected chi connectivity index (χ1v) is 21.1. The van der Waals surface area contributed by atoms with Crippen LogP contribution in [0.3, 0.4) is 0 Å². The van der Waals surface area contributed by atoms with Gasteiger partial charge in [-0.2, -0.15) is 0 Å². The van der Waals surface area contributed by atoms with Crippen molar-refractivity contribution in [1.82, 2.24) is 30.7 Å². The maximum Gasteiger partial charge on any atom is 0.475 e. The van der Waals surface area contributed by atoms with Crippen LogP contribution >= 0.6 is 0 Å². The molecule has 3 rings (SSSR count). The Morgan fingerprint density at radius 2 is 1.52 bits per heavy atom. The third kappa shape index (κ3) is 18.5. The molecule has 2 unspecified atom stereocenters. The number of allylic oxidation sites excluding steroid dienone is 1. The Labute approximate surface area is 357 Å². The molecule has 1 aliphatic heterocycles. The zero-order valence-electron chi connectivity index (χ0n) is 36.9. The van der Waals surface area contributed by atoms with Gasteiger partial charge in [0.05, 0.1) is 18.6 Å². The lowest BCUT2D eigenvalue weighted by atomic mass is 9.77. The zero-order valence-corrected chi connectivity index (χ0v) is 36.9. The molecule has 2 aromatic rings. The van der Waals surface area contributed by atoms with E-state index >= 15 is 0 Å². The number of rotatable bonds is 20. The summed E-state index contributed by atoms with van der Waals surface area (Å²) < 4.78 is 0. The first-order chi connectivity index (χ1) is 28.6. The summed E-state index contributed by atoms with van der Waals surface area (Å²) in [6.45, 7) is 12.5. The molecule has 0 saturated carbocycles. The van der Waals surface area contributed by atoms with Crippen LogP contribution in [0.15, 0.2) is 54.0 Å². The van der Waals surface area contributed by atoms with Crippen molar-refractivity contribution in [2.75, 3.05) is 53.9 Å². The van der Waals surface area contributed by atoms with E-state index in [-0.39, 0.29) is 42.7 Å². The van der Waals surface area contributed by atoms with E-state index in [1.807, 2.05) is 6.08 Å². The minimum atomic E-state index is -1.81. The van der Waals surface area contributed by atoms with Crippen molar-refractivity contribution < 1.29 is 39.1 Å². The van der Waals surface area contributed by atoms with Crippen LogP contribution in [-0.2, 0) is 14.4 Å². The number of likely N-dealkylation sites (tertiary alicyclic amines) is 1. The van der Waals surface area contributed by atoms with Crippen molar-refractivity contribution in [3.8, 4) is 0 Å². The highest BCUT2D eigenvalue weighted by Gasteiger charge is 2.41. The van der Waals surface area contributed by atoms with Gasteiger partial charge < -0.3 is 51.5 Å². The van der Waals surface area contributed by atoms with Gasteiger partial charge in [-0.25, -0.2) is 0 Å². The first kappa shape index (κ1) is 53.0. The van der Waals surface area contributed by atoms with Crippen molar-refractivity contribution in [1.29, 1.82) is 0 Å². The molecule has 1 fully saturated rings. The average molecular weight is 839 g/mol. The Bertz CT molecular complexity index is 1690. The van der Waals surface area contributed by atoms with Crippen LogP contribution in [0.25, 0.3) is 10.8 Å². The SMILES string of the molecule is C=CCC.CCC(=O)N[C@@H](CCCN=C(N)N(C)C)C(=O)N(C)CCCCCNC(=O)c1ccc(C(=O)NCC(=O)N2CC(O)CC2B(O)O)c2ccccc12.CCCC. The fourth-order valence-corrected chi connectivity index (χ4v) is 5.97. The molecule has 1 aliphatic rings. The number of fused-ring (bicyclic) bond motifs is 1. The molecule has 5 amide bonds. The zero-order chi connectivity index (χ0) is 45.2. The molecule has 334 valence electrons. The van der Waals surface area contributed by atoms with E-state index in [0.29, 0.717) is 67.6 Å². The summed E-state index contributed by atoms with van der Waals surface area (Å²) in [6, 6.07) is 9.37. The number of hydrogen-bond acceptors (Lipinski definition) is 9.